The second-order valence-electron chi connectivity index (χ2n) is 2.67. The number of carbonyl (C=O) groups is 1. The van der Waals surface area contributed by atoms with Gasteiger partial charge in [0, 0.05) is 12.0 Å². The van der Waals surface area contributed by atoms with Gasteiger partial charge in [0.25, 0.3) is 0 Å². The van der Waals surface area contributed by atoms with Crippen molar-refractivity contribution in [2.24, 2.45) is 0 Å². The molecule has 1 rings (SSSR count). The van der Waals surface area contributed by atoms with E-state index in [1.54, 1.807) is 6.07 Å². The fourth-order valence-corrected chi connectivity index (χ4v) is 0.947. The molecule has 0 saturated carbocycles. The average Bonchev–Trinajstić information content (AvgIpc) is 2.21. The number of phenols is 1. The highest BCUT2D eigenvalue weighted by Crippen LogP contribution is 2.15. The molecule has 14 heavy (non-hydrogen) atoms. The first kappa shape index (κ1) is 10.3. The Bertz CT molecular complexity index is 385. The van der Waals surface area contributed by atoms with Crippen LogP contribution in [0.25, 0.3) is 0 Å². The number of aldehydes is 1. The van der Waals surface area contributed by atoms with Gasteiger partial charge in [0.15, 0.2) is 6.29 Å². The summed E-state index contributed by atoms with van der Waals surface area (Å²) in [5, 5.41) is 17.7. The third-order valence-electron chi connectivity index (χ3n) is 1.62. The molecule has 0 atom stereocenters. The molecule has 3 heteroatoms. The SMILES string of the molecule is O=Cc1cc(C#CCCO)ccc1O. The zero-order chi connectivity index (χ0) is 10.4. The van der Waals surface area contributed by atoms with Gasteiger partial charge in [-0.25, -0.2) is 0 Å². The molecule has 0 amide bonds. The number of benzene rings is 1. The molecular formula is C11H10O3. The first-order chi connectivity index (χ1) is 6.77. The highest BCUT2D eigenvalue weighted by atomic mass is 16.3. The van der Waals surface area contributed by atoms with E-state index < -0.39 is 0 Å². The first-order valence-corrected chi connectivity index (χ1v) is 4.16. The number of aromatic hydroxyl groups is 1. The molecule has 0 aliphatic rings. The zero-order valence-corrected chi connectivity index (χ0v) is 7.53. The van der Waals surface area contributed by atoms with E-state index in [0.717, 1.165) is 0 Å². The summed E-state index contributed by atoms with van der Waals surface area (Å²) in [6, 6.07) is 4.55. The highest BCUT2D eigenvalue weighted by Gasteiger charge is 1.98. The molecule has 0 heterocycles. The minimum Gasteiger partial charge on any atom is -0.507 e. The summed E-state index contributed by atoms with van der Waals surface area (Å²) in [7, 11) is 0. The van der Waals surface area contributed by atoms with Crippen molar-refractivity contribution in [1.82, 2.24) is 0 Å². The van der Waals surface area contributed by atoms with Gasteiger partial charge in [0.05, 0.1) is 12.2 Å². The monoisotopic (exact) mass is 190 g/mol. The van der Waals surface area contributed by atoms with Gasteiger partial charge >= 0.3 is 0 Å². The molecule has 2 N–H and O–H groups in total. The Kier molecular flexibility index (Phi) is 3.71. The Morgan fingerprint density at radius 1 is 1.43 bits per heavy atom. The van der Waals surface area contributed by atoms with Crippen molar-refractivity contribution in [1.29, 1.82) is 0 Å². The highest BCUT2D eigenvalue weighted by molar-refractivity contribution is 5.79. The molecule has 1 aromatic rings. The summed E-state index contributed by atoms with van der Waals surface area (Å²) < 4.78 is 0. The molecule has 3 nitrogen and oxygen atoms in total. The van der Waals surface area contributed by atoms with Crippen LogP contribution in [-0.2, 0) is 0 Å². The molecule has 0 bridgehead atoms. The van der Waals surface area contributed by atoms with E-state index in [2.05, 4.69) is 11.8 Å². The van der Waals surface area contributed by atoms with E-state index in [1.165, 1.54) is 12.1 Å². The molecule has 0 spiro atoms. The lowest BCUT2D eigenvalue weighted by molar-refractivity contribution is 0.112. The Balaban J connectivity index is 2.91. The molecule has 72 valence electrons. The largest absolute Gasteiger partial charge is 0.507 e. The number of hydrogen-bond donors (Lipinski definition) is 2. The van der Waals surface area contributed by atoms with Crippen LogP contribution in [0.15, 0.2) is 18.2 Å². The fourth-order valence-electron chi connectivity index (χ4n) is 0.947. The van der Waals surface area contributed by atoms with Crippen LogP contribution in [0.1, 0.15) is 22.3 Å². The lowest BCUT2D eigenvalue weighted by Crippen LogP contribution is -1.83. The number of aliphatic hydroxyl groups is 1. The molecule has 0 aromatic heterocycles. The third-order valence-corrected chi connectivity index (χ3v) is 1.62. The van der Waals surface area contributed by atoms with Crippen LogP contribution >= 0.6 is 0 Å². The maximum absolute atomic E-state index is 10.5. The zero-order valence-electron chi connectivity index (χ0n) is 7.53. The van der Waals surface area contributed by atoms with Crippen molar-refractivity contribution in [3.8, 4) is 17.6 Å². The van der Waals surface area contributed by atoms with Gasteiger partial charge in [-0.05, 0) is 18.2 Å². The number of phenolic OH excluding ortho intramolecular Hbond substituents is 1. The Hall–Kier alpha value is -1.79. The van der Waals surface area contributed by atoms with E-state index in [1.807, 2.05) is 0 Å². The van der Waals surface area contributed by atoms with E-state index in [-0.39, 0.29) is 17.9 Å². The predicted octanol–water partition coefficient (Wildman–Crippen LogP) is 0.939. The van der Waals surface area contributed by atoms with Crippen LogP contribution in [0.4, 0.5) is 0 Å². The second-order valence-corrected chi connectivity index (χ2v) is 2.67. The molecule has 0 fully saturated rings. The summed E-state index contributed by atoms with van der Waals surface area (Å²) in [4.78, 5) is 10.5. The Morgan fingerprint density at radius 3 is 2.86 bits per heavy atom. The van der Waals surface area contributed by atoms with E-state index in [4.69, 9.17) is 5.11 Å². The number of aliphatic hydroxyl groups excluding tert-OH is 1. The van der Waals surface area contributed by atoms with Crippen molar-refractivity contribution in [3.05, 3.63) is 29.3 Å². The minimum absolute atomic E-state index is 0.0195. The van der Waals surface area contributed by atoms with E-state index in [9.17, 15) is 9.90 Å². The van der Waals surface area contributed by atoms with Crippen LogP contribution in [0.3, 0.4) is 0 Å². The van der Waals surface area contributed by atoms with Crippen LogP contribution in [0, 0.1) is 11.8 Å². The maximum atomic E-state index is 10.5. The van der Waals surface area contributed by atoms with Crippen LogP contribution in [0.2, 0.25) is 0 Å². The standard InChI is InChI=1S/C11H10O3/c12-6-2-1-3-9-4-5-11(14)10(7-9)8-13/h4-5,7-8,12,14H,2,6H2. The topological polar surface area (TPSA) is 57.5 Å². The van der Waals surface area contributed by atoms with Crippen LogP contribution < -0.4 is 0 Å². The number of carbonyl (C=O) groups excluding carboxylic acids is 1. The van der Waals surface area contributed by atoms with Crippen molar-refractivity contribution in [2.45, 2.75) is 6.42 Å². The van der Waals surface area contributed by atoms with Gasteiger partial charge in [-0.3, -0.25) is 4.79 Å². The molecule has 0 unspecified atom stereocenters. The van der Waals surface area contributed by atoms with Crippen molar-refractivity contribution >= 4 is 6.29 Å². The van der Waals surface area contributed by atoms with Gasteiger partial charge in [0.1, 0.15) is 5.75 Å². The van der Waals surface area contributed by atoms with Crippen LogP contribution in [-0.4, -0.2) is 23.1 Å². The molecular weight excluding hydrogens is 180 g/mol. The second kappa shape index (κ2) is 5.05. The third kappa shape index (κ3) is 2.61. The van der Waals surface area contributed by atoms with Crippen molar-refractivity contribution < 1.29 is 15.0 Å². The van der Waals surface area contributed by atoms with Crippen LogP contribution in [0.5, 0.6) is 5.75 Å². The normalized spacial score (nSPS) is 8.93. The minimum atomic E-state index is -0.0484. The summed E-state index contributed by atoms with van der Waals surface area (Å²) in [5.41, 5.74) is 0.874. The molecule has 0 aliphatic carbocycles. The van der Waals surface area contributed by atoms with Crippen molar-refractivity contribution in [2.75, 3.05) is 6.61 Å². The van der Waals surface area contributed by atoms with Gasteiger partial charge < -0.3 is 10.2 Å². The van der Waals surface area contributed by atoms with E-state index in [0.29, 0.717) is 18.3 Å². The predicted molar refractivity (Wildman–Crippen MR) is 52.1 cm³/mol. The summed E-state index contributed by atoms with van der Waals surface area (Å²) >= 11 is 0. The fraction of sp³-hybridized carbons (Fsp3) is 0.182. The first-order valence-electron chi connectivity index (χ1n) is 4.16. The van der Waals surface area contributed by atoms with Gasteiger partial charge in [-0.2, -0.15) is 0 Å². The molecule has 0 saturated heterocycles. The average molecular weight is 190 g/mol. The van der Waals surface area contributed by atoms with Gasteiger partial charge in [0.2, 0.25) is 0 Å². The smallest absolute Gasteiger partial charge is 0.153 e. The van der Waals surface area contributed by atoms with Crippen molar-refractivity contribution in [3.63, 3.8) is 0 Å². The summed E-state index contributed by atoms with van der Waals surface area (Å²) in [6.45, 7) is 0.0195. The van der Waals surface area contributed by atoms with Gasteiger partial charge in [-0.15, -0.1) is 0 Å². The molecule has 0 aliphatic heterocycles. The number of hydrogen-bond acceptors (Lipinski definition) is 3. The quantitative estimate of drug-likeness (QED) is 0.539. The lowest BCUT2D eigenvalue weighted by Gasteiger charge is -1.96. The molecule has 1 aromatic carbocycles. The summed E-state index contributed by atoms with van der Waals surface area (Å²) in [6.07, 6.45) is 0.976. The molecule has 0 radical (unpaired) electrons. The maximum Gasteiger partial charge on any atom is 0.153 e. The Morgan fingerprint density at radius 2 is 2.21 bits per heavy atom. The summed E-state index contributed by atoms with van der Waals surface area (Å²) in [5.74, 6) is 5.44. The Labute approximate surface area is 82.0 Å². The van der Waals surface area contributed by atoms with E-state index >= 15 is 0 Å². The lowest BCUT2D eigenvalue weighted by atomic mass is 10.1. The number of rotatable bonds is 2. The van der Waals surface area contributed by atoms with Gasteiger partial charge in [-0.1, -0.05) is 11.8 Å².